The Hall–Kier alpha value is -1.53. The van der Waals surface area contributed by atoms with Crippen LogP contribution in [0.15, 0.2) is 12.3 Å². The van der Waals surface area contributed by atoms with Crippen LogP contribution in [0, 0.1) is 0 Å². The van der Waals surface area contributed by atoms with E-state index in [0.29, 0.717) is 6.61 Å². The minimum absolute atomic E-state index is 0.0599. The lowest BCUT2D eigenvalue weighted by molar-refractivity contribution is -0.115. The molecule has 7 heteroatoms. The summed E-state index contributed by atoms with van der Waals surface area (Å²) in [6.45, 7) is 0.970. The van der Waals surface area contributed by atoms with Crippen molar-refractivity contribution in [1.82, 2.24) is 9.97 Å². The topological polar surface area (TPSA) is 47.0 Å². The van der Waals surface area contributed by atoms with Crippen molar-refractivity contribution in [3.8, 4) is 6.01 Å². The summed E-state index contributed by atoms with van der Waals surface area (Å²) in [6, 6.07) is 1.40. The van der Waals surface area contributed by atoms with Gasteiger partial charge < -0.3 is 10.1 Å². The van der Waals surface area contributed by atoms with E-state index in [9.17, 15) is 13.2 Å². The van der Waals surface area contributed by atoms with E-state index in [1.54, 1.807) is 6.92 Å². The number of ether oxygens (including phenoxy) is 1. The second kappa shape index (κ2) is 4.81. The summed E-state index contributed by atoms with van der Waals surface area (Å²) < 4.78 is 40.5. The predicted molar refractivity (Wildman–Crippen MR) is 47.7 cm³/mol. The maximum atomic E-state index is 11.9. The first kappa shape index (κ1) is 11.5. The van der Waals surface area contributed by atoms with E-state index in [1.807, 2.05) is 0 Å². The molecule has 0 fully saturated rings. The van der Waals surface area contributed by atoms with E-state index in [-0.39, 0.29) is 11.8 Å². The van der Waals surface area contributed by atoms with Gasteiger partial charge in [0.05, 0.1) is 6.61 Å². The van der Waals surface area contributed by atoms with Crippen LogP contribution >= 0.6 is 0 Å². The molecular formula is C8H10F3N3O. The van der Waals surface area contributed by atoms with Crippen molar-refractivity contribution >= 4 is 5.82 Å². The third kappa shape index (κ3) is 4.48. The molecule has 1 aromatic rings. The van der Waals surface area contributed by atoms with Gasteiger partial charge in [-0.05, 0) is 13.0 Å². The zero-order valence-electron chi connectivity index (χ0n) is 8.01. The van der Waals surface area contributed by atoms with E-state index in [4.69, 9.17) is 4.74 Å². The number of anilines is 1. The zero-order valence-corrected chi connectivity index (χ0v) is 8.01. The lowest BCUT2D eigenvalue weighted by atomic mass is 10.5. The van der Waals surface area contributed by atoms with Gasteiger partial charge in [0, 0.05) is 6.20 Å². The average molecular weight is 221 g/mol. The number of hydrogen-bond donors (Lipinski definition) is 1. The second-order valence-electron chi connectivity index (χ2n) is 2.63. The summed E-state index contributed by atoms with van der Waals surface area (Å²) in [5.41, 5.74) is 0. The van der Waals surface area contributed by atoms with E-state index in [2.05, 4.69) is 15.3 Å². The monoisotopic (exact) mass is 221 g/mol. The standard InChI is InChI=1S/C8H10F3N3O/c1-2-15-7-12-4-3-6(14-7)13-5-8(9,10)11/h3-4H,2,5H2,1H3,(H,12,13,14). The number of nitrogens with zero attached hydrogens (tertiary/aromatic N) is 2. The molecule has 0 radical (unpaired) electrons. The molecule has 0 aromatic carbocycles. The SMILES string of the molecule is CCOc1nccc(NCC(F)(F)F)n1. The minimum atomic E-state index is -4.27. The lowest BCUT2D eigenvalue weighted by Crippen LogP contribution is -2.21. The Labute approximate surface area is 84.5 Å². The molecule has 84 valence electrons. The van der Waals surface area contributed by atoms with Gasteiger partial charge >= 0.3 is 12.2 Å². The molecule has 0 amide bonds. The molecule has 0 aliphatic rings. The number of aromatic nitrogens is 2. The number of hydrogen-bond acceptors (Lipinski definition) is 4. The first-order valence-corrected chi connectivity index (χ1v) is 4.27. The molecule has 1 N–H and O–H groups in total. The molecule has 0 unspecified atom stereocenters. The van der Waals surface area contributed by atoms with Crippen LogP contribution in [0.3, 0.4) is 0 Å². The number of alkyl halides is 3. The van der Waals surface area contributed by atoms with Crippen LogP contribution in [-0.4, -0.2) is 29.3 Å². The lowest BCUT2D eigenvalue weighted by Gasteiger charge is -2.09. The van der Waals surface area contributed by atoms with E-state index in [1.165, 1.54) is 12.3 Å². The highest BCUT2D eigenvalue weighted by Gasteiger charge is 2.26. The van der Waals surface area contributed by atoms with Gasteiger partial charge in [0.1, 0.15) is 12.4 Å². The van der Waals surface area contributed by atoms with Crippen LogP contribution in [0.1, 0.15) is 6.92 Å². The predicted octanol–water partition coefficient (Wildman–Crippen LogP) is 1.85. The fraction of sp³-hybridized carbons (Fsp3) is 0.500. The first-order valence-electron chi connectivity index (χ1n) is 4.27. The summed E-state index contributed by atoms with van der Waals surface area (Å²) in [4.78, 5) is 7.44. The molecule has 0 spiro atoms. The van der Waals surface area contributed by atoms with Crippen molar-refractivity contribution in [2.75, 3.05) is 18.5 Å². The van der Waals surface area contributed by atoms with Gasteiger partial charge in [-0.1, -0.05) is 0 Å². The molecule has 0 atom stereocenters. The first-order chi connectivity index (χ1) is 7.01. The molecule has 0 aliphatic heterocycles. The van der Waals surface area contributed by atoms with E-state index in [0.717, 1.165) is 0 Å². The third-order valence-corrected chi connectivity index (χ3v) is 1.38. The maximum Gasteiger partial charge on any atom is 0.405 e. The smallest absolute Gasteiger partial charge is 0.405 e. The Morgan fingerprint density at radius 1 is 1.47 bits per heavy atom. The van der Waals surface area contributed by atoms with Crippen LogP contribution < -0.4 is 10.1 Å². The summed E-state index contributed by atoms with van der Waals surface area (Å²) >= 11 is 0. The van der Waals surface area contributed by atoms with Gasteiger partial charge in [0.25, 0.3) is 0 Å². The Kier molecular flexibility index (Phi) is 3.70. The highest BCUT2D eigenvalue weighted by Crippen LogP contribution is 2.15. The van der Waals surface area contributed by atoms with Crippen molar-refractivity contribution in [2.24, 2.45) is 0 Å². The molecule has 0 bridgehead atoms. The summed E-state index contributed by atoms with van der Waals surface area (Å²) in [5, 5.41) is 2.13. The van der Waals surface area contributed by atoms with Crippen molar-refractivity contribution in [3.05, 3.63) is 12.3 Å². The van der Waals surface area contributed by atoms with Gasteiger partial charge in [-0.3, -0.25) is 0 Å². The number of halogens is 3. The Bertz CT molecular complexity index is 316. The number of rotatable bonds is 4. The molecule has 1 heterocycles. The molecular weight excluding hydrogens is 211 g/mol. The zero-order chi connectivity index (χ0) is 11.3. The van der Waals surface area contributed by atoms with Gasteiger partial charge in [0.15, 0.2) is 0 Å². The molecule has 15 heavy (non-hydrogen) atoms. The van der Waals surface area contributed by atoms with Crippen molar-refractivity contribution in [1.29, 1.82) is 0 Å². The molecule has 4 nitrogen and oxygen atoms in total. The van der Waals surface area contributed by atoms with Gasteiger partial charge in [-0.2, -0.15) is 18.2 Å². The summed E-state index contributed by atoms with van der Waals surface area (Å²) in [6.07, 6.45) is -2.94. The Morgan fingerprint density at radius 3 is 2.80 bits per heavy atom. The molecule has 0 aliphatic carbocycles. The maximum absolute atomic E-state index is 11.9. The highest BCUT2D eigenvalue weighted by molar-refractivity contribution is 5.34. The summed E-state index contributed by atoms with van der Waals surface area (Å²) in [5.74, 6) is 0.0887. The second-order valence-corrected chi connectivity index (χ2v) is 2.63. The van der Waals surface area contributed by atoms with Crippen molar-refractivity contribution < 1.29 is 17.9 Å². The average Bonchev–Trinajstić information content (AvgIpc) is 2.15. The van der Waals surface area contributed by atoms with Gasteiger partial charge in [-0.15, -0.1) is 0 Å². The van der Waals surface area contributed by atoms with Crippen LogP contribution in [0.5, 0.6) is 6.01 Å². The molecule has 0 saturated heterocycles. The normalized spacial score (nSPS) is 11.2. The fourth-order valence-corrected chi connectivity index (χ4v) is 0.829. The van der Waals surface area contributed by atoms with Gasteiger partial charge in [-0.25, -0.2) is 4.98 Å². The molecule has 1 rings (SSSR count). The van der Waals surface area contributed by atoms with Crippen LogP contribution in [0.25, 0.3) is 0 Å². The van der Waals surface area contributed by atoms with Crippen LogP contribution in [0.4, 0.5) is 19.0 Å². The Morgan fingerprint density at radius 2 is 2.20 bits per heavy atom. The fourth-order valence-electron chi connectivity index (χ4n) is 0.829. The van der Waals surface area contributed by atoms with Crippen molar-refractivity contribution in [3.63, 3.8) is 0 Å². The van der Waals surface area contributed by atoms with Crippen LogP contribution in [0.2, 0.25) is 0 Å². The third-order valence-electron chi connectivity index (χ3n) is 1.38. The number of nitrogens with one attached hydrogen (secondary N) is 1. The quantitative estimate of drug-likeness (QED) is 0.842. The van der Waals surface area contributed by atoms with Crippen LogP contribution in [-0.2, 0) is 0 Å². The van der Waals surface area contributed by atoms with Gasteiger partial charge in [0.2, 0.25) is 0 Å². The Balaban J connectivity index is 2.57. The molecule has 0 saturated carbocycles. The summed E-state index contributed by atoms with van der Waals surface area (Å²) in [7, 11) is 0. The van der Waals surface area contributed by atoms with E-state index >= 15 is 0 Å². The largest absolute Gasteiger partial charge is 0.464 e. The van der Waals surface area contributed by atoms with E-state index < -0.39 is 12.7 Å². The van der Waals surface area contributed by atoms with Crippen molar-refractivity contribution in [2.45, 2.75) is 13.1 Å². The highest BCUT2D eigenvalue weighted by atomic mass is 19.4. The minimum Gasteiger partial charge on any atom is -0.464 e. The molecule has 1 aromatic heterocycles.